The van der Waals surface area contributed by atoms with E-state index in [1.807, 2.05) is 87.5 Å². The zero-order valence-electron chi connectivity index (χ0n) is 29.0. The van der Waals surface area contributed by atoms with Gasteiger partial charge in [0.2, 0.25) is 11.8 Å². The Kier molecular flexibility index (Phi) is 8.93. The average Bonchev–Trinajstić information content (AvgIpc) is 3.83. The number of carbonyl (C=O) groups is 3. The van der Waals surface area contributed by atoms with Crippen molar-refractivity contribution >= 4 is 34.8 Å². The number of anilines is 3. The van der Waals surface area contributed by atoms with Crippen molar-refractivity contribution in [2.24, 2.45) is 5.92 Å². The van der Waals surface area contributed by atoms with Crippen LogP contribution in [-0.2, 0) is 37.8 Å². The predicted octanol–water partition coefficient (Wildman–Crippen LogP) is 5.65. The van der Waals surface area contributed by atoms with Gasteiger partial charge < -0.3 is 24.5 Å². The summed E-state index contributed by atoms with van der Waals surface area (Å²) < 4.78 is 8.62. The number of fused-ring (bicyclic) bond motifs is 2. The largest absolute Gasteiger partial charge is 0.382 e. The standard InChI is InChI=1S/C40H44N6O5/c1-27-23-32(19-22-43-26-34(41-42-43)38(49)29-9-3-2-4-10-29)51-40(27)33-24-31(45-21-8-6-12-37(45)48)17-18-35(33)46(39(40)50)25-28-13-15-30(16-14-28)44-20-7-5-11-36(44)47/h2-4,9-10,13-18,24,26-27,32,38,49H,5-8,11-12,19-23,25H2,1H3/t27-,32+,38-,40+/m1/s1. The van der Waals surface area contributed by atoms with Gasteiger partial charge >= 0.3 is 0 Å². The fraction of sp³-hybridized carbons (Fsp3) is 0.425. The SMILES string of the molecule is C[C@@H]1C[C@H](CCn2cc([C@H](O)c3ccccc3)nn2)O[C@@]12C(=O)N(Cc1ccc(N3CCCCC3=O)cc1)c1ccc(N3CCCCC3=O)cc12. The van der Waals surface area contributed by atoms with Gasteiger partial charge in [-0.05, 0) is 80.0 Å². The van der Waals surface area contributed by atoms with E-state index in [-0.39, 0.29) is 29.7 Å². The van der Waals surface area contributed by atoms with E-state index in [0.29, 0.717) is 51.0 Å². The molecular weight excluding hydrogens is 644 g/mol. The monoisotopic (exact) mass is 688 g/mol. The molecule has 11 heteroatoms. The topological polar surface area (TPSA) is 121 Å². The summed E-state index contributed by atoms with van der Waals surface area (Å²) >= 11 is 0. The summed E-state index contributed by atoms with van der Waals surface area (Å²) in [5.74, 6) is 0.0359. The van der Waals surface area contributed by atoms with E-state index >= 15 is 0 Å². The Morgan fingerprint density at radius 3 is 2.27 bits per heavy atom. The molecule has 4 aliphatic heterocycles. The molecule has 3 fully saturated rings. The maximum atomic E-state index is 14.8. The molecule has 8 rings (SSSR count). The minimum atomic E-state index is -1.19. The van der Waals surface area contributed by atoms with Gasteiger partial charge in [-0.15, -0.1) is 5.10 Å². The van der Waals surface area contributed by atoms with Crippen molar-refractivity contribution in [1.82, 2.24) is 15.0 Å². The molecule has 1 aromatic heterocycles. The van der Waals surface area contributed by atoms with E-state index in [1.165, 1.54) is 0 Å². The zero-order chi connectivity index (χ0) is 35.1. The second-order valence-corrected chi connectivity index (χ2v) is 14.4. The third-order valence-corrected chi connectivity index (χ3v) is 11.1. The highest BCUT2D eigenvalue weighted by Gasteiger charge is 2.60. The number of ether oxygens (including phenoxy) is 1. The van der Waals surface area contributed by atoms with Gasteiger partial charge in [0.05, 0.1) is 24.5 Å². The fourth-order valence-electron chi connectivity index (χ4n) is 8.31. The third kappa shape index (κ3) is 6.12. The predicted molar refractivity (Wildman–Crippen MR) is 192 cm³/mol. The molecule has 0 unspecified atom stereocenters. The quantitative estimate of drug-likeness (QED) is 0.241. The number of hydrogen-bond donors (Lipinski definition) is 1. The van der Waals surface area contributed by atoms with Crippen LogP contribution in [0.1, 0.15) is 86.8 Å². The molecule has 264 valence electrons. The van der Waals surface area contributed by atoms with E-state index in [4.69, 9.17) is 4.74 Å². The van der Waals surface area contributed by atoms with E-state index in [9.17, 15) is 19.5 Å². The fourth-order valence-corrected chi connectivity index (χ4v) is 8.31. The first-order chi connectivity index (χ1) is 24.8. The number of aliphatic hydroxyl groups is 1. The molecule has 0 aliphatic carbocycles. The van der Waals surface area contributed by atoms with Crippen molar-refractivity contribution < 1.29 is 24.2 Å². The third-order valence-electron chi connectivity index (χ3n) is 11.1. The molecule has 3 aromatic carbocycles. The van der Waals surface area contributed by atoms with Crippen LogP contribution in [0.3, 0.4) is 0 Å². The maximum absolute atomic E-state index is 14.8. The van der Waals surface area contributed by atoms with Crippen LogP contribution in [-0.4, -0.2) is 57.0 Å². The number of hydrogen-bond acceptors (Lipinski definition) is 7. The molecule has 1 spiro atoms. The summed E-state index contributed by atoms with van der Waals surface area (Å²) in [6.45, 7) is 4.34. The van der Waals surface area contributed by atoms with Crippen molar-refractivity contribution in [1.29, 1.82) is 0 Å². The summed E-state index contributed by atoms with van der Waals surface area (Å²) in [6, 6.07) is 23.3. The van der Waals surface area contributed by atoms with E-state index in [0.717, 1.165) is 66.0 Å². The normalized spacial score (nSPS) is 24.1. The molecule has 4 atom stereocenters. The zero-order valence-corrected chi connectivity index (χ0v) is 29.0. The first-order valence-corrected chi connectivity index (χ1v) is 18.3. The highest BCUT2D eigenvalue weighted by molar-refractivity contribution is 6.08. The Labute approximate surface area is 297 Å². The highest BCUT2D eigenvalue weighted by Crippen LogP contribution is 2.54. The molecule has 11 nitrogen and oxygen atoms in total. The molecule has 4 aliphatic rings. The van der Waals surface area contributed by atoms with E-state index < -0.39 is 11.7 Å². The number of rotatable bonds is 9. The van der Waals surface area contributed by atoms with Gasteiger partial charge in [-0.2, -0.15) is 0 Å². The molecule has 3 saturated heterocycles. The molecule has 3 amide bonds. The molecule has 5 heterocycles. The van der Waals surface area contributed by atoms with Gasteiger partial charge in [0.15, 0.2) is 5.60 Å². The Morgan fingerprint density at radius 1 is 0.882 bits per heavy atom. The minimum absolute atomic E-state index is 0.0982. The number of piperidine rings is 2. The van der Waals surface area contributed by atoms with Crippen molar-refractivity contribution in [2.75, 3.05) is 27.8 Å². The minimum Gasteiger partial charge on any atom is -0.382 e. The second kappa shape index (κ2) is 13.7. The summed E-state index contributed by atoms with van der Waals surface area (Å²) in [5, 5.41) is 19.3. The van der Waals surface area contributed by atoms with Crippen molar-refractivity contribution in [3.63, 3.8) is 0 Å². The number of benzene rings is 3. The Bertz CT molecular complexity index is 1930. The summed E-state index contributed by atoms with van der Waals surface area (Å²) in [5.41, 5.74) is 4.28. The van der Waals surface area contributed by atoms with Crippen LogP contribution in [0.5, 0.6) is 0 Å². The lowest BCUT2D eigenvalue weighted by Gasteiger charge is -2.30. The Morgan fingerprint density at radius 2 is 1.57 bits per heavy atom. The number of carbonyl (C=O) groups excluding carboxylic acids is 3. The first kappa shape index (κ1) is 33.3. The first-order valence-electron chi connectivity index (χ1n) is 18.3. The molecule has 0 radical (unpaired) electrons. The van der Waals surface area contributed by atoms with Gasteiger partial charge in [0.1, 0.15) is 11.8 Å². The van der Waals surface area contributed by atoms with Gasteiger partial charge in [-0.3, -0.25) is 19.1 Å². The van der Waals surface area contributed by atoms with E-state index in [2.05, 4.69) is 17.2 Å². The van der Waals surface area contributed by atoms with Crippen LogP contribution in [0.4, 0.5) is 17.1 Å². The highest BCUT2D eigenvalue weighted by atomic mass is 16.5. The van der Waals surface area contributed by atoms with Gasteiger partial charge in [-0.1, -0.05) is 54.6 Å². The van der Waals surface area contributed by atoms with Crippen molar-refractivity contribution in [2.45, 2.75) is 89.2 Å². The maximum Gasteiger partial charge on any atom is 0.264 e. The van der Waals surface area contributed by atoms with Gasteiger partial charge in [0.25, 0.3) is 5.91 Å². The van der Waals surface area contributed by atoms with Crippen LogP contribution >= 0.6 is 0 Å². The molecular formula is C40H44N6O5. The molecule has 1 N–H and O–H groups in total. The van der Waals surface area contributed by atoms with Crippen LogP contribution in [0.2, 0.25) is 0 Å². The van der Waals surface area contributed by atoms with Crippen molar-refractivity contribution in [3.05, 3.63) is 101 Å². The number of aromatic nitrogens is 3. The smallest absolute Gasteiger partial charge is 0.264 e. The Balaban J connectivity index is 1.04. The summed E-state index contributed by atoms with van der Waals surface area (Å²) in [4.78, 5) is 45.8. The van der Waals surface area contributed by atoms with Gasteiger partial charge in [-0.25, -0.2) is 0 Å². The summed E-state index contributed by atoms with van der Waals surface area (Å²) in [7, 11) is 0. The summed E-state index contributed by atoms with van der Waals surface area (Å²) in [6.07, 6.45) is 6.82. The molecule has 0 bridgehead atoms. The number of aliphatic hydroxyl groups excluding tert-OH is 1. The second-order valence-electron chi connectivity index (χ2n) is 14.4. The number of nitrogens with zero attached hydrogens (tertiary/aromatic N) is 6. The average molecular weight is 689 g/mol. The molecule has 4 aromatic rings. The Hall–Kier alpha value is -4.87. The van der Waals surface area contributed by atoms with Crippen LogP contribution < -0.4 is 14.7 Å². The molecule has 51 heavy (non-hydrogen) atoms. The van der Waals surface area contributed by atoms with Crippen LogP contribution in [0.25, 0.3) is 0 Å². The lowest BCUT2D eigenvalue weighted by atomic mass is 9.82. The van der Waals surface area contributed by atoms with Crippen molar-refractivity contribution in [3.8, 4) is 0 Å². The number of amides is 3. The van der Waals surface area contributed by atoms with E-state index in [1.54, 1.807) is 10.9 Å². The van der Waals surface area contributed by atoms with Gasteiger partial charge in [0, 0.05) is 55.3 Å². The molecule has 0 saturated carbocycles. The van der Waals surface area contributed by atoms with Crippen LogP contribution in [0.15, 0.2) is 79.0 Å². The lowest BCUT2D eigenvalue weighted by Crippen LogP contribution is -2.43. The lowest BCUT2D eigenvalue weighted by molar-refractivity contribution is -0.146. The number of aryl methyl sites for hydroxylation is 1. The van der Waals surface area contributed by atoms with Crippen LogP contribution in [0, 0.1) is 5.92 Å².